The van der Waals surface area contributed by atoms with E-state index in [0.717, 1.165) is 48.4 Å². The first-order chi connectivity index (χ1) is 18.6. The van der Waals surface area contributed by atoms with Crippen LogP contribution in [0.15, 0.2) is 35.6 Å². The van der Waals surface area contributed by atoms with Gasteiger partial charge in [0.15, 0.2) is 6.61 Å². The zero-order valence-corrected chi connectivity index (χ0v) is 24.2. The average Bonchev–Trinajstić information content (AvgIpc) is 3.33. The topological polar surface area (TPSA) is 92.1 Å². The van der Waals surface area contributed by atoms with Gasteiger partial charge < -0.3 is 14.8 Å². The Kier molecular flexibility index (Phi) is 9.45. The Bertz CT molecular complexity index is 1230. The molecule has 2 aromatic heterocycles. The van der Waals surface area contributed by atoms with Gasteiger partial charge in [0.1, 0.15) is 4.88 Å². The van der Waals surface area contributed by atoms with Crippen molar-refractivity contribution in [2.75, 3.05) is 4.90 Å². The van der Waals surface area contributed by atoms with Crippen molar-refractivity contribution in [3.63, 3.8) is 0 Å². The Hall–Kier alpha value is -3.18. The first kappa shape index (κ1) is 28.8. The summed E-state index contributed by atoms with van der Waals surface area (Å²) in [6.07, 6.45) is 8.28. The predicted octanol–water partition coefficient (Wildman–Crippen LogP) is 6.91. The van der Waals surface area contributed by atoms with E-state index in [1.165, 1.54) is 0 Å². The number of amides is 1. The van der Waals surface area contributed by atoms with Gasteiger partial charge in [-0.1, -0.05) is 30.0 Å². The van der Waals surface area contributed by atoms with E-state index in [2.05, 4.69) is 28.9 Å². The number of rotatable bonds is 7. The van der Waals surface area contributed by atoms with Crippen LogP contribution in [0, 0.1) is 29.1 Å². The maximum Gasteiger partial charge on any atom is 0.348 e. The molecule has 0 saturated heterocycles. The second kappa shape index (κ2) is 12.8. The van der Waals surface area contributed by atoms with E-state index >= 15 is 0 Å². The van der Waals surface area contributed by atoms with Gasteiger partial charge in [0.25, 0.3) is 0 Å². The van der Waals surface area contributed by atoms with Crippen molar-refractivity contribution in [3.8, 4) is 11.8 Å². The van der Waals surface area contributed by atoms with Crippen molar-refractivity contribution in [1.29, 1.82) is 0 Å². The van der Waals surface area contributed by atoms with Crippen molar-refractivity contribution in [3.05, 3.63) is 45.9 Å². The standard InChI is InChI=1S/C31H39N3O4S/c1-21-8-10-22(11-9-21)29(35)34(27-19-26(16-17-31(2,3)4)39-28(27)30(36)37)25-14-12-23(13-15-25)33-38-20-24-7-5-6-18-32-24/h5-7,18-19,21-22,25H,8-15,20H2,1-4H3,(H,36,37). The number of carbonyl (C=O) groups is 2. The van der Waals surface area contributed by atoms with Gasteiger partial charge in [-0.25, -0.2) is 4.79 Å². The first-order valence-corrected chi connectivity index (χ1v) is 14.7. The summed E-state index contributed by atoms with van der Waals surface area (Å²) in [6, 6.07) is 7.39. The third kappa shape index (κ3) is 7.92. The average molecular weight is 550 g/mol. The Morgan fingerprint density at radius 1 is 1.15 bits per heavy atom. The minimum absolute atomic E-state index is 0.0503. The number of aromatic nitrogens is 1. The second-order valence-electron chi connectivity index (χ2n) is 11.8. The lowest BCUT2D eigenvalue weighted by Crippen LogP contribution is -2.46. The lowest BCUT2D eigenvalue weighted by molar-refractivity contribution is -0.124. The van der Waals surface area contributed by atoms with E-state index in [9.17, 15) is 14.7 Å². The zero-order chi connectivity index (χ0) is 28.0. The lowest BCUT2D eigenvalue weighted by atomic mass is 9.81. The third-order valence-corrected chi connectivity index (χ3v) is 8.39. The van der Waals surface area contributed by atoms with Gasteiger partial charge in [-0.15, -0.1) is 11.3 Å². The number of nitrogens with zero attached hydrogens (tertiary/aromatic N) is 3. The smallest absolute Gasteiger partial charge is 0.348 e. The monoisotopic (exact) mass is 549 g/mol. The molecule has 1 N–H and O–H groups in total. The van der Waals surface area contributed by atoms with Crippen LogP contribution in [0.3, 0.4) is 0 Å². The number of hydrogen-bond donors (Lipinski definition) is 1. The summed E-state index contributed by atoms with van der Waals surface area (Å²) in [7, 11) is 0. The normalized spacial score (nSPS) is 21.4. The molecule has 0 spiro atoms. The van der Waals surface area contributed by atoms with Crippen LogP contribution in [0.4, 0.5) is 5.69 Å². The lowest BCUT2D eigenvalue weighted by Gasteiger charge is -2.38. The Morgan fingerprint density at radius 2 is 1.87 bits per heavy atom. The Balaban J connectivity index is 1.56. The van der Waals surface area contributed by atoms with E-state index in [0.29, 0.717) is 48.8 Å². The maximum absolute atomic E-state index is 14.1. The molecular weight excluding hydrogens is 510 g/mol. The van der Waals surface area contributed by atoms with Crippen LogP contribution in [0.25, 0.3) is 0 Å². The van der Waals surface area contributed by atoms with Crippen molar-refractivity contribution >= 4 is 34.6 Å². The predicted molar refractivity (Wildman–Crippen MR) is 155 cm³/mol. The number of carbonyl (C=O) groups excluding carboxylic acids is 1. The summed E-state index contributed by atoms with van der Waals surface area (Å²) in [6.45, 7) is 8.61. The highest BCUT2D eigenvalue weighted by molar-refractivity contribution is 7.15. The summed E-state index contributed by atoms with van der Waals surface area (Å²) in [5.74, 6) is 5.93. The van der Waals surface area contributed by atoms with Crippen molar-refractivity contribution in [2.45, 2.75) is 91.7 Å². The SMILES string of the molecule is CC1CCC(C(=O)N(c2cc(C#CC(C)(C)C)sc2C(=O)O)C2CCC(=NOCc3ccccn3)CC2)CC1. The molecule has 2 heterocycles. The van der Waals surface area contributed by atoms with Gasteiger partial charge >= 0.3 is 5.97 Å². The van der Waals surface area contributed by atoms with E-state index in [1.54, 1.807) is 6.20 Å². The number of anilines is 1. The van der Waals surface area contributed by atoms with Gasteiger partial charge in [-0.2, -0.15) is 0 Å². The number of pyridine rings is 1. The number of aromatic carboxylic acids is 1. The van der Waals surface area contributed by atoms with Crippen LogP contribution in [0.2, 0.25) is 0 Å². The number of thiophene rings is 1. The van der Waals surface area contributed by atoms with Gasteiger partial charge in [0.05, 0.1) is 22.0 Å². The molecule has 0 bridgehead atoms. The number of hydrogen-bond acceptors (Lipinski definition) is 6. The second-order valence-corrected chi connectivity index (χ2v) is 12.8. The molecule has 2 saturated carbocycles. The molecule has 8 heteroatoms. The van der Waals surface area contributed by atoms with Crippen LogP contribution in [-0.4, -0.2) is 33.7 Å². The summed E-state index contributed by atoms with van der Waals surface area (Å²) in [5, 5.41) is 14.4. The summed E-state index contributed by atoms with van der Waals surface area (Å²) in [4.78, 5) is 38.9. The molecule has 2 aliphatic rings. The van der Waals surface area contributed by atoms with Crippen molar-refractivity contribution < 1.29 is 19.5 Å². The van der Waals surface area contributed by atoms with Crippen molar-refractivity contribution in [2.24, 2.45) is 22.4 Å². The highest BCUT2D eigenvalue weighted by Gasteiger charge is 2.37. The molecule has 7 nitrogen and oxygen atoms in total. The summed E-state index contributed by atoms with van der Waals surface area (Å²) >= 11 is 1.16. The molecule has 208 valence electrons. The fourth-order valence-electron chi connectivity index (χ4n) is 5.18. The Labute approximate surface area is 235 Å². The van der Waals surface area contributed by atoms with E-state index in [-0.39, 0.29) is 28.2 Å². The molecule has 1 amide bonds. The van der Waals surface area contributed by atoms with E-state index in [1.807, 2.05) is 49.9 Å². The van der Waals surface area contributed by atoms with Gasteiger partial charge in [-0.05, 0) is 96.3 Å². The molecule has 0 aromatic carbocycles. The highest BCUT2D eigenvalue weighted by atomic mass is 32.1. The molecule has 0 unspecified atom stereocenters. The molecular formula is C31H39N3O4S. The molecule has 0 atom stereocenters. The number of oxime groups is 1. The first-order valence-electron chi connectivity index (χ1n) is 13.9. The third-order valence-electron chi connectivity index (χ3n) is 7.36. The van der Waals surface area contributed by atoms with Crippen LogP contribution >= 0.6 is 11.3 Å². The number of carboxylic acids is 1. The van der Waals surface area contributed by atoms with Gasteiger partial charge in [0, 0.05) is 23.6 Å². The molecule has 4 rings (SSSR count). The molecule has 2 fully saturated rings. The van der Waals surface area contributed by atoms with Crippen LogP contribution < -0.4 is 4.90 Å². The fourth-order valence-corrected chi connectivity index (χ4v) is 6.02. The molecule has 0 radical (unpaired) electrons. The van der Waals surface area contributed by atoms with E-state index in [4.69, 9.17) is 4.84 Å². The summed E-state index contributed by atoms with van der Waals surface area (Å²) < 4.78 is 0. The largest absolute Gasteiger partial charge is 0.477 e. The summed E-state index contributed by atoms with van der Waals surface area (Å²) in [5.41, 5.74) is 2.06. The highest BCUT2D eigenvalue weighted by Crippen LogP contribution is 2.38. The minimum atomic E-state index is -1.02. The van der Waals surface area contributed by atoms with Gasteiger partial charge in [0.2, 0.25) is 5.91 Å². The van der Waals surface area contributed by atoms with E-state index < -0.39 is 5.97 Å². The maximum atomic E-state index is 14.1. The fraction of sp³-hybridized carbons (Fsp3) is 0.548. The van der Waals surface area contributed by atoms with Crippen LogP contribution in [-0.2, 0) is 16.2 Å². The zero-order valence-electron chi connectivity index (χ0n) is 23.4. The van der Waals surface area contributed by atoms with Crippen LogP contribution in [0.1, 0.15) is 99.3 Å². The Morgan fingerprint density at radius 3 is 2.49 bits per heavy atom. The number of carboxylic acid groups (broad SMARTS) is 1. The minimum Gasteiger partial charge on any atom is -0.477 e. The molecule has 2 aromatic rings. The molecule has 2 aliphatic carbocycles. The van der Waals surface area contributed by atoms with Crippen molar-refractivity contribution in [1.82, 2.24) is 4.98 Å². The quantitative estimate of drug-likeness (QED) is 0.299. The molecule has 0 aliphatic heterocycles. The van der Waals surface area contributed by atoms with Crippen LogP contribution in [0.5, 0.6) is 0 Å². The molecule has 39 heavy (non-hydrogen) atoms. The van der Waals surface area contributed by atoms with Gasteiger partial charge in [-0.3, -0.25) is 9.78 Å².